The molecule has 4 N–H and O–H groups in total. The fourth-order valence-corrected chi connectivity index (χ4v) is 0.984. The molecule has 1 aromatic carbocycles. The van der Waals surface area contributed by atoms with Crippen molar-refractivity contribution in [2.75, 3.05) is 24.2 Å². The number of aliphatic hydroxyl groups is 1. The van der Waals surface area contributed by atoms with Crippen molar-refractivity contribution in [2.24, 2.45) is 0 Å². The summed E-state index contributed by atoms with van der Waals surface area (Å²) in [6, 6.07) is 6.99. The van der Waals surface area contributed by atoms with Crippen LogP contribution < -0.4 is 11.1 Å². The van der Waals surface area contributed by atoms with Crippen molar-refractivity contribution in [2.45, 2.75) is 0 Å². The summed E-state index contributed by atoms with van der Waals surface area (Å²) in [7, 11) is 0. The molecule has 0 aliphatic heterocycles. The number of nitrogens with zero attached hydrogens (tertiary/aromatic N) is 1. The van der Waals surface area contributed by atoms with Gasteiger partial charge in [-0.15, -0.1) is 0 Å². The van der Waals surface area contributed by atoms with Gasteiger partial charge in [-0.25, -0.2) is 0 Å². The van der Waals surface area contributed by atoms with E-state index in [-0.39, 0.29) is 6.61 Å². The maximum atomic E-state index is 8.56. The summed E-state index contributed by atoms with van der Waals surface area (Å²) >= 11 is 0. The predicted octanol–water partition coefficient (Wildman–Crippen LogP) is 0.545. The number of nitrogens with two attached hydrogens (primary N) is 1. The maximum Gasteiger partial charge on any atom is 0.0992 e. The summed E-state index contributed by atoms with van der Waals surface area (Å²) in [6.07, 6.45) is 0. The first kappa shape index (κ1) is 9.36. The summed E-state index contributed by atoms with van der Waals surface area (Å²) in [5.41, 5.74) is 7.44. The first-order chi connectivity index (χ1) is 6.27. The van der Waals surface area contributed by atoms with Crippen LogP contribution in [0.3, 0.4) is 0 Å². The standard InChI is InChI=1S/C9H11N3O/c10-6-7-1-2-9(8(11)5-7)12-3-4-13/h1-2,5,12-13H,3-4,11H2. The average Bonchev–Trinajstić information content (AvgIpc) is 2.16. The van der Waals surface area contributed by atoms with Crippen LogP contribution >= 0.6 is 0 Å². The SMILES string of the molecule is N#Cc1ccc(NCCO)c(N)c1. The van der Waals surface area contributed by atoms with Crippen molar-refractivity contribution in [3.8, 4) is 6.07 Å². The Hall–Kier alpha value is -1.73. The van der Waals surface area contributed by atoms with Crippen LogP contribution in [0.2, 0.25) is 0 Å². The fourth-order valence-electron chi connectivity index (χ4n) is 0.984. The first-order valence-electron chi connectivity index (χ1n) is 3.92. The minimum Gasteiger partial charge on any atom is -0.397 e. The van der Waals surface area contributed by atoms with Gasteiger partial charge < -0.3 is 16.2 Å². The summed E-state index contributed by atoms with van der Waals surface area (Å²) < 4.78 is 0. The lowest BCUT2D eigenvalue weighted by Gasteiger charge is -2.07. The number of nitrogens with one attached hydrogen (secondary N) is 1. The summed E-state index contributed by atoms with van der Waals surface area (Å²) in [6.45, 7) is 0.509. The van der Waals surface area contributed by atoms with Crippen LogP contribution in [-0.2, 0) is 0 Å². The summed E-state index contributed by atoms with van der Waals surface area (Å²) in [5, 5.41) is 20.1. The number of benzene rings is 1. The van der Waals surface area contributed by atoms with Gasteiger partial charge in [-0.1, -0.05) is 0 Å². The van der Waals surface area contributed by atoms with Crippen LogP contribution in [0.15, 0.2) is 18.2 Å². The molecule has 4 nitrogen and oxygen atoms in total. The van der Waals surface area contributed by atoms with Crippen molar-refractivity contribution in [1.29, 1.82) is 5.26 Å². The molecule has 0 bridgehead atoms. The number of anilines is 2. The van der Waals surface area contributed by atoms with E-state index in [0.29, 0.717) is 17.8 Å². The van der Waals surface area contributed by atoms with Gasteiger partial charge in [-0.2, -0.15) is 5.26 Å². The van der Waals surface area contributed by atoms with E-state index in [0.717, 1.165) is 5.69 Å². The number of nitriles is 1. The van der Waals surface area contributed by atoms with Gasteiger partial charge in [0.25, 0.3) is 0 Å². The second-order valence-corrected chi connectivity index (χ2v) is 2.56. The molecule has 0 radical (unpaired) electrons. The molecule has 0 saturated heterocycles. The minimum atomic E-state index is 0.0550. The molecule has 0 unspecified atom stereocenters. The third-order valence-corrected chi connectivity index (χ3v) is 1.61. The van der Waals surface area contributed by atoms with E-state index in [9.17, 15) is 0 Å². The Labute approximate surface area is 76.6 Å². The zero-order valence-corrected chi connectivity index (χ0v) is 7.12. The van der Waals surface area contributed by atoms with E-state index >= 15 is 0 Å². The number of nitrogen functional groups attached to an aromatic ring is 1. The number of hydrogen-bond acceptors (Lipinski definition) is 4. The molecule has 0 heterocycles. The van der Waals surface area contributed by atoms with Gasteiger partial charge in [-0.3, -0.25) is 0 Å². The Morgan fingerprint density at radius 2 is 2.31 bits per heavy atom. The van der Waals surface area contributed by atoms with Crippen LogP contribution in [-0.4, -0.2) is 18.3 Å². The molecular weight excluding hydrogens is 166 g/mol. The molecular formula is C9H11N3O. The lowest BCUT2D eigenvalue weighted by Crippen LogP contribution is -2.07. The van der Waals surface area contributed by atoms with E-state index < -0.39 is 0 Å². The number of rotatable bonds is 3. The van der Waals surface area contributed by atoms with Gasteiger partial charge in [0.1, 0.15) is 0 Å². The zero-order chi connectivity index (χ0) is 9.68. The molecule has 13 heavy (non-hydrogen) atoms. The van der Waals surface area contributed by atoms with Crippen molar-refractivity contribution in [1.82, 2.24) is 0 Å². The highest BCUT2D eigenvalue weighted by Gasteiger charge is 1.98. The van der Waals surface area contributed by atoms with Gasteiger partial charge in [0, 0.05) is 6.54 Å². The van der Waals surface area contributed by atoms with E-state index in [4.69, 9.17) is 16.1 Å². The molecule has 4 heteroatoms. The zero-order valence-electron chi connectivity index (χ0n) is 7.12. The molecule has 0 aromatic heterocycles. The summed E-state index contributed by atoms with van der Waals surface area (Å²) in [4.78, 5) is 0. The highest BCUT2D eigenvalue weighted by atomic mass is 16.3. The topological polar surface area (TPSA) is 82.1 Å². The monoisotopic (exact) mass is 177 g/mol. The van der Waals surface area contributed by atoms with E-state index in [2.05, 4.69) is 5.32 Å². The largest absolute Gasteiger partial charge is 0.397 e. The summed E-state index contributed by atoms with van der Waals surface area (Å²) in [5.74, 6) is 0. The van der Waals surface area contributed by atoms with Crippen LogP contribution in [0.4, 0.5) is 11.4 Å². The molecule has 0 amide bonds. The molecule has 1 aromatic rings. The Morgan fingerprint density at radius 3 is 2.85 bits per heavy atom. The van der Waals surface area contributed by atoms with Gasteiger partial charge in [0.2, 0.25) is 0 Å². The van der Waals surface area contributed by atoms with Crippen LogP contribution in [0.5, 0.6) is 0 Å². The van der Waals surface area contributed by atoms with Gasteiger partial charge in [0.15, 0.2) is 0 Å². The first-order valence-corrected chi connectivity index (χ1v) is 3.92. The van der Waals surface area contributed by atoms with Crippen molar-refractivity contribution in [3.05, 3.63) is 23.8 Å². The quantitative estimate of drug-likeness (QED) is 0.589. The van der Waals surface area contributed by atoms with Crippen molar-refractivity contribution >= 4 is 11.4 Å². The molecule has 1 rings (SSSR count). The second-order valence-electron chi connectivity index (χ2n) is 2.56. The molecule has 0 fully saturated rings. The third-order valence-electron chi connectivity index (χ3n) is 1.61. The molecule has 0 saturated carbocycles. The van der Waals surface area contributed by atoms with Gasteiger partial charge >= 0.3 is 0 Å². The molecule has 0 aliphatic rings. The smallest absolute Gasteiger partial charge is 0.0992 e. The number of hydrogen-bond donors (Lipinski definition) is 3. The lowest BCUT2D eigenvalue weighted by molar-refractivity contribution is 0.311. The highest BCUT2D eigenvalue weighted by molar-refractivity contribution is 5.68. The number of aliphatic hydroxyl groups excluding tert-OH is 1. The minimum absolute atomic E-state index is 0.0550. The Morgan fingerprint density at radius 1 is 1.54 bits per heavy atom. The van der Waals surface area contributed by atoms with E-state index in [1.807, 2.05) is 6.07 Å². The van der Waals surface area contributed by atoms with Gasteiger partial charge in [-0.05, 0) is 18.2 Å². The average molecular weight is 177 g/mol. The second kappa shape index (κ2) is 4.33. The normalized spacial score (nSPS) is 9.23. The van der Waals surface area contributed by atoms with E-state index in [1.54, 1.807) is 18.2 Å². The molecule has 0 aliphatic carbocycles. The van der Waals surface area contributed by atoms with Crippen LogP contribution in [0.25, 0.3) is 0 Å². The lowest BCUT2D eigenvalue weighted by atomic mass is 10.2. The van der Waals surface area contributed by atoms with Crippen LogP contribution in [0.1, 0.15) is 5.56 Å². The molecule has 0 spiro atoms. The van der Waals surface area contributed by atoms with Crippen LogP contribution in [0, 0.1) is 11.3 Å². The van der Waals surface area contributed by atoms with Crippen molar-refractivity contribution in [3.63, 3.8) is 0 Å². The predicted molar refractivity (Wildman–Crippen MR) is 51.1 cm³/mol. The molecule has 68 valence electrons. The Balaban J connectivity index is 2.81. The Bertz CT molecular complexity index is 330. The molecule has 0 atom stereocenters. The Kier molecular flexibility index (Phi) is 3.12. The van der Waals surface area contributed by atoms with Gasteiger partial charge in [0.05, 0.1) is 29.6 Å². The fraction of sp³-hybridized carbons (Fsp3) is 0.222. The third kappa shape index (κ3) is 2.36. The maximum absolute atomic E-state index is 8.56. The van der Waals surface area contributed by atoms with Crippen molar-refractivity contribution < 1.29 is 5.11 Å². The highest BCUT2D eigenvalue weighted by Crippen LogP contribution is 2.18. The van der Waals surface area contributed by atoms with E-state index in [1.165, 1.54) is 0 Å².